The lowest BCUT2D eigenvalue weighted by Gasteiger charge is -2.31. The summed E-state index contributed by atoms with van der Waals surface area (Å²) in [5.41, 5.74) is 2.79. The number of aryl methyl sites for hydroxylation is 1. The molecule has 1 aromatic carbocycles. The summed E-state index contributed by atoms with van der Waals surface area (Å²) in [6, 6.07) is 12.0. The minimum absolute atomic E-state index is 0.0327. The number of carbonyl (C=O) groups excluding carboxylic acids is 1. The van der Waals surface area contributed by atoms with Crippen LogP contribution < -0.4 is 5.32 Å². The Hall–Kier alpha value is -1.74. The van der Waals surface area contributed by atoms with Crippen LogP contribution in [0.3, 0.4) is 0 Å². The first-order valence-electron chi connectivity index (χ1n) is 10.6. The number of sulfonamides is 1. The van der Waals surface area contributed by atoms with Crippen LogP contribution in [0, 0.1) is 12.8 Å². The summed E-state index contributed by atoms with van der Waals surface area (Å²) in [4.78, 5) is 16.0. The second-order valence-electron chi connectivity index (χ2n) is 8.15. The molecule has 30 heavy (non-hydrogen) atoms. The molecule has 2 aliphatic heterocycles. The highest BCUT2D eigenvalue weighted by atomic mass is 32.2. The van der Waals surface area contributed by atoms with E-state index in [9.17, 15) is 13.2 Å². The van der Waals surface area contributed by atoms with Gasteiger partial charge in [0.2, 0.25) is 5.91 Å². The van der Waals surface area contributed by atoms with E-state index in [1.54, 1.807) is 6.07 Å². The van der Waals surface area contributed by atoms with Crippen LogP contribution in [-0.4, -0.2) is 56.3 Å². The molecule has 3 heterocycles. The number of nitrogens with zero attached hydrogens (tertiary/aromatic N) is 2. The molecule has 2 aromatic rings. The van der Waals surface area contributed by atoms with Gasteiger partial charge in [0.05, 0.1) is 5.92 Å². The van der Waals surface area contributed by atoms with Crippen molar-refractivity contribution in [2.24, 2.45) is 5.92 Å². The molecule has 1 atom stereocenters. The normalized spacial score (nSPS) is 20.6. The molecular formula is C22H29N3O3S2. The van der Waals surface area contributed by atoms with E-state index in [0.29, 0.717) is 23.7 Å². The number of hydrogen-bond acceptors (Lipinski definition) is 5. The Labute approximate surface area is 182 Å². The van der Waals surface area contributed by atoms with E-state index in [1.165, 1.54) is 26.8 Å². The first kappa shape index (κ1) is 21.5. The van der Waals surface area contributed by atoms with Crippen LogP contribution in [0.2, 0.25) is 0 Å². The number of thiophene rings is 1. The van der Waals surface area contributed by atoms with Gasteiger partial charge in [0.25, 0.3) is 10.0 Å². The molecule has 1 saturated heterocycles. The maximum absolute atomic E-state index is 12.9. The Balaban J connectivity index is 1.28. The second kappa shape index (κ2) is 9.18. The van der Waals surface area contributed by atoms with E-state index in [4.69, 9.17) is 0 Å². The third-order valence-electron chi connectivity index (χ3n) is 6.00. The molecule has 8 heteroatoms. The lowest BCUT2D eigenvalue weighted by Crippen LogP contribution is -2.46. The number of fused-ring (bicyclic) bond motifs is 1. The number of rotatable bonds is 6. The maximum atomic E-state index is 12.9. The van der Waals surface area contributed by atoms with Crippen molar-refractivity contribution in [3.05, 3.63) is 52.4 Å². The van der Waals surface area contributed by atoms with E-state index < -0.39 is 10.0 Å². The van der Waals surface area contributed by atoms with Crippen molar-refractivity contribution in [2.45, 2.75) is 36.9 Å². The van der Waals surface area contributed by atoms with Gasteiger partial charge in [0.15, 0.2) is 0 Å². The van der Waals surface area contributed by atoms with E-state index >= 15 is 0 Å². The molecule has 6 nitrogen and oxygen atoms in total. The fourth-order valence-corrected chi connectivity index (χ4v) is 7.24. The van der Waals surface area contributed by atoms with Crippen molar-refractivity contribution in [2.75, 3.05) is 32.7 Å². The molecule has 1 amide bonds. The van der Waals surface area contributed by atoms with Gasteiger partial charge in [-0.05, 0) is 49.4 Å². The maximum Gasteiger partial charge on any atom is 0.252 e. The number of nitrogens with one attached hydrogen (secondary N) is 1. The Morgan fingerprint density at radius 3 is 2.73 bits per heavy atom. The molecule has 4 rings (SSSR count). The number of benzene rings is 1. The van der Waals surface area contributed by atoms with Gasteiger partial charge in [-0.25, -0.2) is 8.42 Å². The molecule has 1 aromatic heterocycles. The monoisotopic (exact) mass is 447 g/mol. The smallest absolute Gasteiger partial charge is 0.252 e. The summed E-state index contributed by atoms with van der Waals surface area (Å²) in [7, 11) is -3.51. The standard InChI is InChI=1S/C22H29N3O3S2/c1-17-8-9-21(29-17)30(27,28)25-12-4-7-20(16-25)22(26)23-11-14-24-13-10-18-5-2-3-6-19(18)15-24/h2-3,5-6,8-9,20H,4,7,10-16H2,1H3,(H,23,26)/t20-/m0/s1. The minimum atomic E-state index is -3.51. The lowest BCUT2D eigenvalue weighted by molar-refractivity contribution is -0.126. The zero-order chi connectivity index (χ0) is 21.1. The zero-order valence-corrected chi connectivity index (χ0v) is 19.0. The summed E-state index contributed by atoms with van der Waals surface area (Å²) in [5, 5.41) is 3.04. The molecule has 0 bridgehead atoms. The fraction of sp³-hybridized carbons (Fsp3) is 0.500. The molecule has 0 aliphatic carbocycles. The highest BCUT2D eigenvalue weighted by Crippen LogP contribution is 2.28. The summed E-state index contributed by atoms with van der Waals surface area (Å²) in [5.74, 6) is -0.314. The van der Waals surface area contributed by atoms with Crippen LogP contribution in [0.4, 0.5) is 0 Å². The van der Waals surface area contributed by atoms with Gasteiger partial charge in [0, 0.05) is 44.1 Å². The van der Waals surface area contributed by atoms with Gasteiger partial charge in [-0.15, -0.1) is 11.3 Å². The molecule has 1 fully saturated rings. The third-order valence-corrected chi connectivity index (χ3v) is 9.33. The SMILES string of the molecule is Cc1ccc(S(=O)(=O)N2CCC[C@H](C(=O)NCCN3CCc4ccccc4C3)C2)s1. The molecule has 0 saturated carbocycles. The fourth-order valence-electron chi connectivity index (χ4n) is 4.28. The number of hydrogen-bond donors (Lipinski definition) is 1. The van der Waals surface area contributed by atoms with Crippen LogP contribution in [0.5, 0.6) is 0 Å². The highest BCUT2D eigenvalue weighted by molar-refractivity contribution is 7.91. The molecule has 2 aliphatic rings. The van der Waals surface area contributed by atoms with Crippen molar-refractivity contribution in [3.63, 3.8) is 0 Å². The quantitative estimate of drug-likeness (QED) is 0.739. The van der Waals surface area contributed by atoms with Crippen LogP contribution in [0.15, 0.2) is 40.6 Å². The molecule has 1 N–H and O–H groups in total. The van der Waals surface area contributed by atoms with E-state index in [1.807, 2.05) is 13.0 Å². The predicted molar refractivity (Wildman–Crippen MR) is 119 cm³/mol. The third kappa shape index (κ3) is 4.77. The van der Waals surface area contributed by atoms with Gasteiger partial charge in [-0.3, -0.25) is 9.69 Å². The zero-order valence-electron chi connectivity index (χ0n) is 17.3. The first-order chi connectivity index (χ1) is 14.4. The Morgan fingerprint density at radius 2 is 1.97 bits per heavy atom. The molecule has 0 radical (unpaired) electrons. The topological polar surface area (TPSA) is 69.7 Å². The predicted octanol–water partition coefficient (Wildman–Crippen LogP) is 2.63. The average Bonchev–Trinajstić information content (AvgIpc) is 3.21. The van der Waals surface area contributed by atoms with Gasteiger partial charge >= 0.3 is 0 Å². The summed E-state index contributed by atoms with van der Waals surface area (Å²) in [6.07, 6.45) is 2.49. The summed E-state index contributed by atoms with van der Waals surface area (Å²) >= 11 is 1.29. The van der Waals surface area contributed by atoms with Gasteiger partial charge in [0.1, 0.15) is 4.21 Å². The average molecular weight is 448 g/mol. The van der Waals surface area contributed by atoms with Gasteiger partial charge in [-0.1, -0.05) is 24.3 Å². The van der Waals surface area contributed by atoms with Crippen LogP contribution in [0.25, 0.3) is 0 Å². The van der Waals surface area contributed by atoms with Gasteiger partial charge in [-0.2, -0.15) is 4.31 Å². The molecule has 162 valence electrons. The largest absolute Gasteiger partial charge is 0.355 e. The van der Waals surface area contributed by atoms with Crippen LogP contribution in [-0.2, 0) is 27.8 Å². The van der Waals surface area contributed by atoms with Crippen LogP contribution in [0.1, 0.15) is 28.8 Å². The second-order valence-corrected chi connectivity index (χ2v) is 11.6. The van der Waals surface area contributed by atoms with Crippen LogP contribution >= 0.6 is 11.3 Å². The number of amides is 1. The first-order valence-corrected chi connectivity index (χ1v) is 12.8. The number of piperidine rings is 1. The van der Waals surface area contributed by atoms with Crippen molar-refractivity contribution in [3.8, 4) is 0 Å². The Morgan fingerprint density at radius 1 is 1.17 bits per heavy atom. The minimum Gasteiger partial charge on any atom is -0.355 e. The highest BCUT2D eigenvalue weighted by Gasteiger charge is 2.34. The van der Waals surface area contributed by atoms with Crippen molar-refractivity contribution in [1.82, 2.24) is 14.5 Å². The molecule has 0 spiro atoms. The molecular weight excluding hydrogens is 418 g/mol. The van der Waals surface area contributed by atoms with E-state index in [-0.39, 0.29) is 18.4 Å². The molecule has 0 unspecified atom stereocenters. The van der Waals surface area contributed by atoms with E-state index in [2.05, 4.69) is 34.5 Å². The van der Waals surface area contributed by atoms with Crippen molar-refractivity contribution in [1.29, 1.82) is 0 Å². The Bertz CT molecular complexity index is 1000. The summed E-state index contributed by atoms with van der Waals surface area (Å²) < 4.78 is 27.6. The van der Waals surface area contributed by atoms with Crippen molar-refractivity contribution >= 4 is 27.3 Å². The van der Waals surface area contributed by atoms with Gasteiger partial charge < -0.3 is 5.32 Å². The lowest BCUT2D eigenvalue weighted by atomic mass is 9.98. The number of carbonyl (C=O) groups is 1. The Kier molecular flexibility index (Phi) is 6.57. The van der Waals surface area contributed by atoms with E-state index in [0.717, 1.165) is 37.4 Å². The summed E-state index contributed by atoms with van der Waals surface area (Å²) in [6.45, 7) is 5.97. The van der Waals surface area contributed by atoms with Crippen molar-refractivity contribution < 1.29 is 13.2 Å².